The Morgan fingerprint density at radius 3 is 2.73 bits per heavy atom. The topological polar surface area (TPSA) is 89.9 Å². The van der Waals surface area contributed by atoms with Gasteiger partial charge >= 0.3 is 0 Å². The van der Waals surface area contributed by atoms with Gasteiger partial charge in [0.1, 0.15) is 17.0 Å². The summed E-state index contributed by atoms with van der Waals surface area (Å²) in [5, 5.41) is 14.5. The maximum absolute atomic E-state index is 12.1. The molecule has 3 aromatic carbocycles. The monoisotopic (exact) mass is 462 g/mol. The van der Waals surface area contributed by atoms with Crippen LogP contribution < -0.4 is 19.5 Å². The number of nitrogens with one attached hydrogen (secondary N) is 1. The van der Waals surface area contributed by atoms with Gasteiger partial charge in [0.25, 0.3) is 5.91 Å². The second kappa shape index (κ2) is 8.88. The Hall–Kier alpha value is -3.97. The van der Waals surface area contributed by atoms with Gasteiger partial charge in [-0.3, -0.25) is 9.78 Å². The highest BCUT2D eigenvalue weighted by Crippen LogP contribution is 2.38. The number of pyridine rings is 1. The fourth-order valence-electron chi connectivity index (χ4n) is 3.57. The number of phenolic OH excluding ortho intramolecular Hbond substituents is 1. The summed E-state index contributed by atoms with van der Waals surface area (Å²) in [5.74, 6) is 1.62. The van der Waals surface area contributed by atoms with Crippen molar-refractivity contribution in [3.63, 3.8) is 0 Å². The molecule has 33 heavy (non-hydrogen) atoms. The minimum absolute atomic E-state index is 0.0316. The Morgan fingerprint density at radius 2 is 1.88 bits per heavy atom. The first kappa shape index (κ1) is 20.9. The van der Waals surface area contributed by atoms with Crippen LogP contribution in [0.25, 0.3) is 22.0 Å². The van der Waals surface area contributed by atoms with Crippen molar-refractivity contribution in [2.24, 2.45) is 0 Å². The summed E-state index contributed by atoms with van der Waals surface area (Å²) in [6.45, 7) is 0.152. The first-order valence-corrected chi connectivity index (χ1v) is 10.6. The molecule has 4 aromatic rings. The number of ether oxygens (including phenoxy) is 3. The Bertz CT molecular complexity index is 1340. The zero-order valence-electron chi connectivity index (χ0n) is 17.4. The number of aromatic nitrogens is 1. The number of hydrogen-bond acceptors (Lipinski definition) is 6. The number of para-hydroxylation sites is 1. The molecule has 0 aliphatic carbocycles. The summed E-state index contributed by atoms with van der Waals surface area (Å²) in [6.07, 6.45) is 1.66. The van der Waals surface area contributed by atoms with Gasteiger partial charge in [0.15, 0.2) is 18.1 Å². The number of aromatic hydroxyl groups is 1. The van der Waals surface area contributed by atoms with Crippen molar-refractivity contribution < 1.29 is 24.1 Å². The summed E-state index contributed by atoms with van der Waals surface area (Å²) in [7, 11) is 0. The van der Waals surface area contributed by atoms with Crippen molar-refractivity contribution in [1.29, 1.82) is 0 Å². The molecule has 0 fully saturated rings. The molecule has 2 heterocycles. The lowest BCUT2D eigenvalue weighted by atomic mass is 10.0. The third kappa shape index (κ3) is 4.36. The van der Waals surface area contributed by atoms with Crippen LogP contribution in [0.3, 0.4) is 0 Å². The Balaban J connectivity index is 1.33. The molecule has 2 N–H and O–H groups in total. The number of carbonyl (C=O) groups excluding carboxylic acids is 1. The quantitative estimate of drug-likeness (QED) is 0.432. The predicted molar refractivity (Wildman–Crippen MR) is 124 cm³/mol. The van der Waals surface area contributed by atoms with Gasteiger partial charge in [-0.15, -0.1) is 0 Å². The van der Waals surface area contributed by atoms with Gasteiger partial charge < -0.3 is 24.6 Å². The van der Waals surface area contributed by atoms with E-state index in [0.29, 0.717) is 38.7 Å². The van der Waals surface area contributed by atoms with Gasteiger partial charge in [0.05, 0.1) is 5.02 Å². The lowest BCUT2D eigenvalue weighted by Gasteiger charge is -2.12. The summed E-state index contributed by atoms with van der Waals surface area (Å²) in [5.41, 5.74) is 2.53. The molecular formula is C25H19ClN2O5. The summed E-state index contributed by atoms with van der Waals surface area (Å²) in [6, 6.07) is 18.2. The van der Waals surface area contributed by atoms with E-state index in [-0.39, 0.29) is 31.6 Å². The lowest BCUT2D eigenvalue weighted by molar-refractivity contribution is -0.123. The highest BCUT2D eigenvalue weighted by atomic mass is 35.5. The molecule has 0 spiro atoms. The van der Waals surface area contributed by atoms with E-state index in [1.54, 1.807) is 24.4 Å². The fraction of sp³-hybridized carbons (Fsp3) is 0.120. The molecule has 1 aliphatic rings. The van der Waals surface area contributed by atoms with Crippen molar-refractivity contribution >= 4 is 28.4 Å². The molecule has 0 saturated heterocycles. The molecule has 0 atom stereocenters. The van der Waals surface area contributed by atoms with Gasteiger partial charge in [-0.05, 0) is 42.0 Å². The zero-order chi connectivity index (χ0) is 22.8. The Labute approximate surface area is 194 Å². The van der Waals surface area contributed by atoms with Crippen molar-refractivity contribution in [3.8, 4) is 34.1 Å². The number of hydrogen-bond donors (Lipinski definition) is 2. The average Bonchev–Trinajstić information content (AvgIpc) is 3.32. The smallest absolute Gasteiger partial charge is 0.258 e. The van der Waals surface area contributed by atoms with Crippen LogP contribution in [0.4, 0.5) is 0 Å². The maximum Gasteiger partial charge on any atom is 0.258 e. The first-order chi connectivity index (χ1) is 16.1. The highest BCUT2D eigenvalue weighted by molar-refractivity contribution is 6.35. The molecule has 1 aromatic heterocycles. The number of nitrogens with zero attached hydrogens (tertiary/aromatic N) is 1. The third-order valence-corrected chi connectivity index (χ3v) is 5.58. The molecule has 0 bridgehead atoms. The van der Waals surface area contributed by atoms with Crippen molar-refractivity contribution in [2.75, 3.05) is 13.4 Å². The number of amides is 1. The second-order valence-corrected chi connectivity index (χ2v) is 7.84. The lowest BCUT2D eigenvalue weighted by Crippen LogP contribution is -2.28. The standard InChI is InChI=1S/C25H19ClN2O5/c26-20-9-17(12-27-23(29)13-31-18-4-2-1-3-5-18)25(30)24-19(20)8-16(11-28-24)15-6-7-21-22(10-15)33-14-32-21/h1-11,30H,12-14H2,(H,27,29). The largest absolute Gasteiger partial charge is 0.505 e. The molecule has 8 heteroatoms. The summed E-state index contributed by atoms with van der Waals surface area (Å²) >= 11 is 6.51. The number of halogens is 1. The molecule has 1 amide bonds. The molecular weight excluding hydrogens is 444 g/mol. The number of fused-ring (bicyclic) bond motifs is 2. The van der Waals surface area contributed by atoms with E-state index in [9.17, 15) is 9.90 Å². The number of carbonyl (C=O) groups is 1. The summed E-state index contributed by atoms with van der Waals surface area (Å²) in [4.78, 5) is 16.6. The molecule has 0 unspecified atom stereocenters. The third-order valence-electron chi connectivity index (χ3n) is 5.27. The SMILES string of the molecule is O=C(COc1ccccc1)NCc1cc(Cl)c2cc(-c3ccc4c(c3)OCO4)cnc2c1O. The Morgan fingerprint density at radius 1 is 1.06 bits per heavy atom. The van der Waals surface area contributed by atoms with Crippen LogP contribution in [-0.4, -0.2) is 29.4 Å². The minimum Gasteiger partial charge on any atom is -0.505 e. The van der Waals surface area contributed by atoms with Crippen LogP contribution in [0.2, 0.25) is 5.02 Å². The van der Waals surface area contributed by atoms with Gasteiger partial charge in [-0.1, -0.05) is 35.9 Å². The molecule has 0 radical (unpaired) electrons. The van der Waals surface area contributed by atoms with Crippen LogP contribution in [0, 0.1) is 0 Å². The van der Waals surface area contributed by atoms with Crippen LogP contribution in [0.5, 0.6) is 23.0 Å². The van der Waals surface area contributed by atoms with Gasteiger partial charge in [-0.2, -0.15) is 0 Å². The van der Waals surface area contributed by atoms with Gasteiger partial charge in [0.2, 0.25) is 6.79 Å². The molecule has 7 nitrogen and oxygen atoms in total. The van der Waals surface area contributed by atoms with Crippen LogP contribution in [0.1, 0.15) is 5.56 Å². The van der Waals surface area contributed by atoms with E-state index >= 15 is 0 Å². The number of rotatable bonds is 6. The minimum atomic E-state index is -0.319. The van der Waals surface area contributed by atoms with E-state index < -0.39 is 0 Å². The van der Waals surface area contributed by atoms with Gasteiger partial charge in [0, 0.05) is 29.3 Å². The molecule has 166 valence electrons. The fourth-order valence-corrected chi connectivity index (χ4v) is 3.84. The summed E-state index contributed by atoms with van der Waals surface area (Å²) < 4.78 is 16.2. The number of phenols is 1. The maximum atomic E-state index is 12.1. The first-order valence-electron chi connectivity index (χ1n) is 10.2. The van der Waals surface area contributed by atoms with Crippen LogP contribution >= 0.6 is 11.6 Å². The van der Waals surface area contributed by atoms with Crippen molar-refractivity contribution in [2.45, 2.75) is 6.54 Å². The normalized spacial score (nSPS) is 12.0. The predicted octanol–water partition coefficient (Wildman–Crippen LogP) is 4.68. The highest BCUT2D eigenvalue weighted by Gasteiger charge is 2.17. The number of benzene rings is 3. The molecule has 5 rings (SSSR count). The average molecular weight is 463 g/mol. The van der Waals surface area contributed by atoms with Gasteiger partial charge in [-0.25, -0.2) is 0 Å². The van der Waals surface area contributed by atoms with E-state index in [2.05, 4.69) is 10.3 Å². The molecule has 1 aliphatic heterocycles. The van der Waals surface area contributed by atoms with Crippen molar-refractivity contribution in [1.82, 2.24) is 10.3 Å². The molecule has 0 saturated carbocycles. The van der Waals surface area contributed by atoms with E-state index in [1.807, 2.05) is 42.5 Å². The van der Waals surface area contributed by atoms with Crippen LogP contribution in [0.15, 0.2) is 66.9 Å². The van der Waals surface area contributed by atoms with Crippen molar-refractivity contribution in [3.05, 3.63) is 77.4 Å². The Kier molecular flexibility index (Phi) is 5.62. The van der Waals surface area contributed by atoms with Crippen LogP contribution in [-0.2, 0) is 11.3 Å². The van der Waals surface area contributed by atoms with E-state index in [4.69, 9.17) is 25.8 Å². The zero-order valence-corrected chi connectivity index (χ0v) is 18.1. The van der Waals surface area contributed by atoms with E-state index in [1.165, 1.54) is 0 Å². The van der Waals surface area contributed by atoms with E-state index in [0.717, 1.165) is 11.1 Å². The second-order valence-electron chi connectivity index (χ2n) is 7.43.